The molecule has 0 heterocycles. The average Bonchev–Trinajstić information content (AvgIpc) is 2.26. The Kier molecular flexibility index (Phi) is 3.88. The maximum absolute atomic E-state index is 11.1. The minimum atomic E-state index is -0.345. The fourth-order valence-corrected chi connectivity index (χ4v) is 1.04. The highest BCUT2D eigenvalue weighted by Gasteiger charge is 2.02. The lowest BCUT2D eigenvalue weighted by atomic mass is 10.1. The van der Waals surface area contributed by atoms with E-state index >= 15 is 0 Å². The Morgan fingerprint density at radius 3 is 2.57 bits per heavy atom. The normalized spacial score (nSPS) is 10.4. The van der Waals surface area contributed by atoms with Gasteiger partial charge in [-0.05, 0) is 17.7 Å². The van der Waals surface area contributed by atoms with E-state index in [1.807, 2.05) is 0 Å². The Morgan fingerprint density at radius 1 is 1.43 bits per heavy atom. The summed E-state index contributed by atoms with van der Waals surface area (Å²) >= 11 is 0. The van der Waals surface area contributed by atoms with Gasteiger partial charge in [0.15, 0.2) is 0 Å². The monoisotopic (exact) mass is 192 g/mol. The number of carbonyl (C=O) groups is 1. The van der Waals surface area contributed by atoms with E-state index in [1.54, 1.807) is 36.4 Å². The van der Waals surface area contributed by atoms with Crippen molar-refractivity contribution in [3.05, 3.63) is 41.5 Å². The van der Waals surface area contributed by atoms with Crippen molar-refractivity contribution >= 4 is 12.0 Å². The zero-order chi connectivity index (χ0) is 10.4. The quantitative estimate of drug-likeness (QED) is 0.738. The summed E-state index contributed by atoms with van der Waals surface area (Å²) in [6.45, 7) is 0.0127. The number of ether oxygens (including phenoxy) is 1. The maximum Gasteiger partial charge on any atom is 0.337 e. The fraction of sp³-hybridized carbons (Fsp3) is 0.182. The summed E-state index contributed by atoms with van der Waals surface area (Å²) in [4.78, 5) is 11.1. The summed E-state index contributed by atoms with van der Waals surface area (Å²) in [6.07, 6.45) is 3.41. The third-order valence-electron chi connectivity index (χ3n) is 1.75. The molecule has 1 rings (SSSR count). The molecule has 0 atom stereocenters. The van der Waals surface area contributed by atoms with E-state index in [2.05, 4.69) is 4.74 Å². The zero-order valence-electron chi connectivity index (χ0n) is 7.93. The van der Waals surface area contributed by atoms with Gasteiger partial charge in [-0.25, -0.2) is 4.79 Å². The Labute approximate surface area is 82.6 Å². The number of esters is 1. The zero-order valence-corrected chi connectivity index (χ0v) is 7.93. The van der Waals surface area contributed by atoms with Crippen LogP contribution in [-0.2, 0) is 4.74 Å². The summed E-state index contributed by atoms with van der Waals surface area (Å²) in [5.74, 6) is -0.345. The smallest absolute Gasteiger partial charge is 0.337 e. The van der Waals surface area contributed by atoms with Crippen molar-refractivity contribution in [1.82, 2.24) is 0 Å². The van der Waals surface area contributed by atoms with E-state index in [4.69, 9.17) is 5.11 Å². The van der Waals surface area contributed by atoms with Crippen LogP contribution < -0.4 is 0 Å². The molecule has 0 saturated carbocycles. The Morgan fingerprint density at radius 2 is 2.07 bits per heavy atom. The van der Waals surface area contributed by atoms with Gasteiger partial charge >= 0.3 is 5.97 Å². The van der Waals surface area contributed by atoms with Gasteiger partial charge < -0.3 is 9.84 Å². The molecule has 0 aliphatic heterocycles. The number of hydrogen-bond donors (Lipinski definition) is 1. The first-order valence-corrected chi connectivity index (χ1v) is 4.23. The molecule has 0 spiro atoms. The third kappa shape index (κ3) is 2.71. The molecule has 3 heteroatoms. The molecule has 0 aliphatic carbocycles. The van der Waals surface area contributed by atoms with Crippen LogP contribution in [0.1, 0.15) is 15.9 Å². The van der Waals surface area contributed by atoms with Crippen LogP contribution in [0.25, 0.3) is 6.08 Å². The molecule has 0 radical (unpaired) electrons. The van der Waals surface area contributed by atoms with Crippen LogP contribution in [0.15, 0.2) is 30.3 Å². The maximum atomic E-state index is 11.1. The van der Waals surface area contributed by atoms with Gasteiger partial charge in [0.2, 0.25) is 0 Å². The molecule has 0 aliphatic rings. The van der Waals surface area contributed by atoms with Crippen LogP contribution in [0.2, 0.25) is 0 Å². The molecular formula is C11H12O3. The second-order valence-electron chi connectivity index (χ2n) is 2.70. The molecule has 14 heavy (non-hydrogen) atoms. The lowest BCUT2D eigenvalue weighted by Crippen LogP contribution is -2.00. The molecule has 0 bridgehead atoms. The predicted octanol–water partition coefficient (Wildman–Crippen LogP) is 1.48. The second kappa shape index (κ2) is 5.19. The number of hydrogen-bond acceptors (Lipinski definition) is 3. The Bertz CT molecular complexity index is 325. The molecule has 1 aromatic rings. The van der Waals surface area contributed by atoms with Crippen LogP contribution in [-0.4, -0.2) is 24.8 Å². The van der Waals surface area contributed by atoms with Crippen LogP contribution in [0.3, 0.4) is 0 Å². The van der Waals surface area contributed by atoms with E-state index in [-0.39, 0.29) is 12.6 Å². The summed E-state index contributed by atoms with van der Waals surface area (Å²) < 4.78 is 4.56. The molecule has 74 valence electrons. The molecule has 1 N–H and O–H groups in total. The van der Waals surface area contributed by atoms with Crippen LogP contribution in [0, 0.1) is 0 Å². The highest BCUT2D eigenvalue weighted by Crippen LogP contribution is 2.06. The highest BCUT2D eigenvalue weighted by atomic mass is 16.5. The van der Waals surface area contributed by atoms with Gasteiger partial charge in [0, 0.05) is 0 Å². The van der Waals surface area contributed by atoms with Crippen molar-refractivity contribution in [3.63, 3.8) is 0 Å². The van der Waals surface area contributed by atoms with E-state index in [0.29, 0.717) is 5.56 Å². The first-order valence-electron chi connectivity index (χ1n) is 4.23. The van der Waals surface area contributed by atoms with E-state index in [0.717, 1.165) is 5.56 Å². The first-order chi connectivity index (χ1) is 6.77. The standard InChI is InChI=1S/C11H12O3/c1-14-11(13)10-6-4-9(5-7-10)3-2-8-12/h2-7,12H,8H2,1H3/b3-2-. The van der Waals surface area contributed by atoms with E-state index in [9.17, 15) is 4.79 Å². The predicted molar refractivity (Wildman–Crippen MR) is 53.9 cm³/mol. The minimum absolute atomic E-state index is 0.0127. The van der Waals surface area contributed by atoms with Gasteiger partial charge in [-0.15, -0.1) is 0 Å². The summed E-state index contributed by atoms with van der Waals surface area (Å²) in [5.41, 5.74) is 1.46. The first kappa shape index (κ1) is 10.5. The molecular weight excluding hydrogens is 180 g/mol. The Balaban J connectivity index is 2.78. The van der Waals surface area contributed by atoms with Crippen molar-refractivity contribution in [3.8, 4) is 0 Å². The van der Waals surface area contributed by atoms with Crippen molar-refractivity contribution in [2.45, 2.75) is 0 Å². The average molecular weight is 192 g/mol. The molecule has 0 aromatic heterocycles. The lowest BCUT2D eigenvalue weighted by molar-refractivity contribution is 0.0601. The Hall–Kier alpha value is -1.61. The van der Waals surface area contributed by atoms with E-state index in [1.165, 1.54) is 7.11 Å². The van der Waals surface area contributed by atoms with Crippen LogP contribution >= 0.6 is 0 Å². The molecule has 0 saturated heterocycles. The highest BCUT2D eigenvalue weighted by molar-refractivity contribution is 5.89. The fourth-order valence-electron chi connectivity index (χ4n) is 1.04. The minimum Gasteiger partial charge on any atom is -0.465 e. The molecule has 0 fully saturated rings. The van der Waals surface area contributed by atoms with Crippen molar-refractivity contribution in [2.24, 2.45) is 0 Å². The SMILES string of the molecule is COC(=O)c1ccc(/C=C\CO)cc1. The van der Waals surface area contributed by atoms with Gasteiger partial charge in [0.05, 0.1) is 19.3 Å². The summed E-state index contributed by atoms with van der Waals surface area (Å²) in [6, 6.07) is 6.95. The molecule has 0 unspecified atom stereocenters. The van der Waals surface area contributed by atoms with Gasteiger partial charge in [-0.3, -0.25) is 0 Å². The summed E-state index contributed by atoms with van der Waals surface area (Å²) in [5, 5.41) is 8.55. The van der Waals surface area contributed by atoms with E-state index < -0.39 is 0 Å². The largest absolute Gasteiger partial charge is 0.465 e. The second-order valence-corrected chi connectivity index (χ2v) is 2.70. The van der Waals surface area contributed by atoms with Gasteiger partial charge in [-0.1, -0.05) is 24.3 Å². The third-order valence-corrected chi connectivity index (χ3v) is 1.75. The number of benzene rings is 1. The topological polar surface area (TPSA) is 46.5 Å². The van der Waals surface area contributed by atoms with Crippen molar-refractivity contribution < 1.29 is 14.6 Å². The van der Waals surface area contributed by atoms with Crippen molar-refractivity contribution in [1.29, 1.82) is 0 Å². The number of aliphatic hydroxyl groups excluding tert-OH is 1. The number of methoxy groups -OCH3 is 1. The molecule has 3 nitrogen and oxygen atoms in total. The van der Waals surface area contributed by atoms with Gasteiger partial charge in [0.1, 0.15) is 0 Å². The van der Waals surface area contributed by atoms with Crippen molar-refractivity contribution in [2.75, 3.05) is 13.7 Å². The number of carbonyl (C=O) groups excluding carboxylic acids is 1. The number of aliphatic hydroxyl groups is 1. The summed E-state index contributed by atoms with van der Waals surface area (Å²) in [7, 11) is 1.35. The molecule has 1 aromatic carbocycles. The van der Waals surface area contributed by atoms with Gasteiger partial charge in [-0.2, -0.15) is 0 Å². The van der Waals surface area contributed by atoms with Gasteiger partial charge in [0.25, 0.3) is 0 Å². The molecule has 0 amide bonds. The van der Waals surface area contributed by atoms with Crippen LogP contribution in [0.5, 0.6) is 0 Å². The lowest BCUT2D eigenvalue weighted by Gasteiger charge is -1.98. The number of rotatable bonds is 3. The van der Waals surface area contributed by atoms with Crippen LogP contribution in [0.4, 0.5) is 0 Å².